The van der Waals surface area contributed by atoms with Crippen LogP contribution in [-0.4, -0.2) is 33.6 Å². The molecular formula is C25H15BrClN3O5. The zero-order valence-corrected chi connectivity index (χ0v) is 20.2. The Kier molecular flexibility index (Phi) is 6.10. The van der Waals surface area contributed by atoms with Gasteiger partial charge in [0.1, 0.15) is 11.3 Å². The van der Waals surface area contributed by atoms with Crippen LogP contribution in [0.2, 0.25) is 5.02 Å². The number of ether oxygens (including phenoxy) is 1. The number of para-hydroxylation sites is 1. The number of carboxylic acids is 1. The molecule has 0 aliphatic rings. The maximum atomic E-state index is 13.3. The number of carboxylic acid groups (broad SMARTS) is 1. The molecule has 0 amide bonds. The van der Waals surface area contributed by atoms with Crippen molar-refractivity contribution in [1.82, 2.24) is 9.66 Å². The zero-order chi connectivity index (χ0) is 24.5. The van der Waals surface area contributed by atoms with Crippen molar-refractivity contribution in [3.05, 3.63) is 92.1 Å². The molecule has 0 saturated heterocycles. The third-order valence-corrected chi connectivity index (χ3v) is 5.94. The van der Waals surface area contributed by atoms with Gasteiger partial charge < -0.3 is 14.3 Å². The molecule has 0 radical (unpaired) electrons. The highest BCUT2D eigenvalue weighted by Crippen LogP contribution is 2.29. The van der Waals surface area contributed by atoms with Crippen molar-refractivity contribution < 1.29 is 19.1 Å². The summed E-state index contributed by atoms with van der Waals surface area (Å²) in [5, 5.41) is 14.9. The molecule has 0 aliphatic heterocycles. The number of furan rings is 1. The van der Waals surface area contributed by atoms with Crippen molar-refractivity contribution in [3.63, 3.8) is 0 Å². The van der Waals surface area contributed by atoms with Crippen LogP contribution in [-0.2, 0) is 4.79 Å². The number of hydrogen-bond acceptors (Lipinski definition) is 6. The molecule has 8 nitrogen and oxygen atoms in total. The van der Waals surface area contributed by atoms with Gasteiger partial charge >= 0.3 is 5.97 Å². The van der Waals surface area contributed by atoms with E-state index in [0.29, 0.717) is 43.1 Å². The van der Waals surface area contributed by atoms with Gasteiger partial charge in [-0.25, -0.2) is 9.78 Å². The van der Waals surface area contributed by atoms with Crippen molar-refractivity contribution >= 4 is 61.6 Å². The third-order valence-electron chi connectivity index (χ3n) is 5.08. The topological polar surface area (TPSA) is 107 Å². The Hall–Kier alpha value is -3.95. The van der Waals surface area contributed by atoms with Crippen molar-refractivity contribution in [2.75, 3.05) is 6.61 Å². The Balaban J connectivity index is 1.60. The summed E-state index contributed by atoms with van der Waals surface area (Å²) in [6.07, 6.45) is 1.49. The van der Waals surface area contributed by atoms with Crippen LogP contribution in [0.4, 0.5) is 0 Å². The number of benzene rings is 3. The predicted molar refractivity (Wildman–Crippen MR) is 136 cm³/mol. The van der Waals surface area contributed by atoms with E-state index in [-0.39, 0.29) is 11.4 Å². The van der Waals surface area contributed by atoms with Crippen LogP contribution < -0.4 is 10.3 Å². The molecule has 0 unspecified atom stereocenters. The second-order valence-electron chi connectivity index (χ2n) is 7.48. The highest BCUT2D eigenvalue weighted by Gasteiger charge is 2.16. The van der Waals surface area contributed by atoms with Crippen LogP contribution in [0.15, 0.2) is 85.5 Å². The summed E-state index contributed by atoms with van der Waals surface area (Å²) in [5.74, 6) is -0.111. The molecule has 3 aromatic carbocycles. The van der Waals surface area contributed by atoms with E-state index >= 15 is 0 Å². The second-order valence-corrected chi connectivity index (χ2v) is 8.77. The van der Waals surface area contributed by atoms with Crippen LogP contribution in [0, 0.1) is 0 Å². The summed E-state index contributed by atoms with van der Waals surface area (Å²) >= 11 is 9.47. The highest BCUT2D eigenvalue weighted by atomic mass is 79.9. The fourth-order valence-corrected chi connectivity index (χ4v) is 4.18. The SMILES string of the molecule is O=C(O)COc1ccc(C=Nn2c(-c3cc4cc(Cl)ccc4o3)nc3ccccc3c2=O)cc1Br. The lowest BCUT2D eigenvalue weighted by atomic mass is 10.2. The van der Waals surface area contributed by atoms with E-state index in [9.17, 15) is 9.59 Å². The number of hydrogen-bond donors (Lipinski definition) is 1. The maximum absolute atomic E-state index is 13.3. The standard InChI is InChI=1S/C25H15BrClN3O5/c26-18-9-14(5-7-21(18)34-13-23(31)32)12-28-30-24(29-19-4-2-1-3-17(19)25(30)33)22-11-15-10-16(27)6-8-20(15)35-22/h1-12H,13H2,(H,31,32). The third kappa shape index (κ3) is 4.68. The summed E-state index contributed by atoms with van der Waals surface area (Å²) < 4.78 is 12.9. The van der Waals surface area contributed by atoms with Crippen LogP contribution in [0.1, 0.15) is 5.56 Å². The molecule has 0 aliphatic carbocycles. The van der Waals surface area contributed by atoms with E-state index in [1.54, 1.807) is 66.7 Å². The Morgan fingerprint density at radius 1 is 1.17 bits per heavy atom. The molecule has 2 aromatic heterocycles. The molecule has 2 heterocycles. The average Bonchev–Trinajstić information content (AvgIpc) is 3.25. The number of aliphatic carboxylic acids is 1. The van der Waals surface area contributed by atoms with Gasteiger partial charge in [-0.05, 0) is 76.1 Å². The van der Waals surface area contributed by atoms with Gasteiger partial charge in [0.15, 0.2) is 12.4 Å². The van der Waals surface area contributed by atoms with Crippen molar-refractivity contribution in [2.45, 2.75) is 0 Å². The molecule has 5 rings (SSSR count). The summed E-state index contributed by atoms with van der Waals surface area (Å²) in [6.45, 7) is -0.462. The minimum atomic E-state index is -1.08. The summed E-state index contributed by atoms with van der Waals surface area (Å²) in [6, 6.07) is 19.0. The van der Waals surface area contributed by atoms with E-state index in [1.165, 1.54) is 10.9 Å². The van der Waals surface area contributed by atoms with Crippen molar-refractivity contribution in [3.8, 4) is 17.3 Å². The van der Waals surface area contributed by atoms with E-state index in [0.717, 1.165) is 5.39 Å². The molecule has 10 heteroatoms. The summed E-state index contributed by atoms with van der Waals surface area (Å²) in [4.78, 5) is 28.7. The number of halogens is 2. The molecule has 35 heavy (non-hydrogen) atoms. The van der Waals surface area contributed by atoms with E-state index in [2.05, 4.69) is 26.0 Å². The fourth-order valence-electron chi connectivity index (χ4n) is 3.49. The number of carbonyl (C=O) groups is 1. The molecule has 1 N–H and O–H groups in total. The van der Waals surface area contributed by atoms with Crippen molar-refractivity contribution in [2.24, 2.45) is 5.10 Å². The average molecular weight is 553 g/mol. The van der Waals surface area contributed by atoms with Gasteiger partial charge in [-0.3, -0.25) is 4.79 Å². The Bertz CT molecular complexity index is 1690. The van der Waals surface area contributed by atoms with Gasteiger partial charge in [-0.2, -0.15) is 9.78 Å². The predicted octanol–water partition coefficient (Wildman–Crippen LogP) is 5.57. The number of nitrogens with zero attached hydrogens (tertiary/aromatic N) is 3. The smallest absolute Gasteiger partial charge is 0.341 e. The summed E-state index contributed by atoms with van der Waals surface area (Å²) in [5.41, 5.74) is 1.39. The molecule has 0 fully saturated rings. The first-order valence-electron chi connectivity index (χ1n) is 10.3. The fraction of sp³-hybridized carbons (Fsp3) is 0.0400. The normalized spacial score (nSPS) is 11.5. The number of fused-ring (bicyclic) bond motifs is 2. The van der Waals surface area contributed by atoms with E-state index in [1.807, 2.05) is 0 Å². The van der Waals surface area contributed by atoms with Crippen LogP contribution >= 0.6 is 27.5 Å². The quantitative estimate of drug-likeness (QED) is 0.276. The lowest BCUT2D eigenvalue weighted by Gasteiger charge is -2.08. The van der Waals surface area contributed by atoms with E-state index in [4.69, 9.17) is 25.9 Å². The van der Waals surface area contributed by atoms with Gasteiger partial charge in [-0.15, -0.1) is 0 Å². The van der Waals surface area contributed by atoms with Crippen molar-refractivity contribution in [1.29, 1.82) is 0 Å². The molecular weight excluding hydrogens is 538 g/mol. The maximum Gasteiger partial charge on any atom is 0.341 e. The largest absolute Gasteiger partial charge is 0.481 e. The molecule has 0 atom stereocenters. The van der Waals surface area contributed by atoms with Gasteiger partial charge in [0.2, 0.25) is 5.82 Å². The molecule has 0 bridgehead atoms. The van der Waals surface area contributed by atoms with Gasteiger partial charge in [-0.1, -0.05) is 23.7 Å². The minimum absolute atomic E-state index is 0.234. The molecule has 0 spiro atoms. The Morgan fingerprint density at radius 3 is 2.80 bits per heavy atom. The molecule has 0 saturated carbocycles. The van der Waals surface area contributed by atoms with Gasteiger partial charge in [0, 0.05) is 10.4 Å². The first-order valence-corrected chi connectivity index (χ1v) is 11.5. The first-order chi connectivity index (χ1) is 16.9. The molecule has 5 aromatic rings. The van der Waals surface area contributed by atoms with Crippen LogP contribution in [0.5, 0.6) is 5.75 Å². The highest BCUT2D eigenvalue weighted by molar-refractivity contribution is 9.10. The number of aromatic nitrogens is 2. The van der Waals surface area contributed by atoms with E-state index < -0.39 is 12.6 Å². The Morgan fingerprint density at radius 2 is 2.00 bits per heavy atom. The summed E-state index contributed by atoms with van der Waals surface area (Å²) in [7, 11) is 0. The van der Waals surface area contributed by atoms with Gasteiger partial charge in [0.05, 0.1) is 21.6 Å². The first kappa shape index (κ1) is 22.8. The number of rotatable bonds is 6. The molecule has 174 valence electrons. The lowest BCUT2D eigenvalue weighted by Crippen LogP contribution is -2.20. The van der Waals surface area contributed by atoms with Gasteiger partial charge in [0.25, 0.3) is 5.56 Å². The van der Waals surface area contributed by atoms with Crippen LogP contribution in [0.3, 0.4) is 0 Å². The monoisotopic (exact) mass is 551 g/mol. The zero-order valence-electron chi connectivity index (χ0n) is 17.8. The lowest BCUT2D eigenvalue weighted by molar-refractivity contribution is -0.139. The van der Waals surface area contributed by atoms with Crippen LogP contribution in [0.25, 0.3) is 33.5 Å². The minimum Gasteiger partial charge on any atom is -0.481 e. The second kappa shape index (κ2) is 9.36. The Labute approximate surface area is 211 Å².